The fraction of sp³-hybridized carbons (Fsp3) is 0.304. The molecule has 1 amide bonds. The molecule has 31 heavy (non-hydrogen) atoms. The van der Waals surface area contributed by atoms with Crippen molar-refractivity contribution < 1.29 is 4.79 Å². The van der Waals surface area contributed by atoms with Gasteiger partial charge in [0.15, 0.2) is 0 Å². The predicted octanol–water partition coefficient (Wildman–Crippen LogP) is 5.60. The van der Waals surface area contributed by atoms with Crippen LogP contribution in [0.25, 0.3) is 0 Å². The van der Waals surface area contributed by atoms with Gasteiger partial charge in [-0.2, -0.15) is 5.10 Å². The lowest BCUT2D eigenvalue weighted by atomic mass is 10.0. The number of allylic oxidation sites excluding steroid dienone is 1. The molecule has 0 aromatic heterocycles. The Hall–Kier alpha value is -1.86. The first-order chi connectivity index (χ1) is 15.0. The number of anilines is 1. The molecule has 5 rings (SSSR count). The van der Waals surface area contributed by atoms with E-state index in [0.29, 0.717) is 34.0 Å². The average molecular weight is 520 g/mol. The minimum Gasteiger partial charge on any atom is -0.284 e. The van der Waals surface area contributed by atoms with E-state index in [1.165, 1.54) is 0 Å². The summed E-state index contributed by atoms with van der Waals surface area (Å²) >= 11 is 16.1. The molecule has 2 heterocycles. The van der Waals surface area contributed by atoms with Gasteiger partial charge < -0.3 is 0 Å². The number of hydrazine groups is 1. The van der Waals surface area contributed by atoms with Crippen molar-refractivity contribution in [3.05, 3.63) is 74.7 Å². The van der Waals surface area contributed by atoms with Crippen molar-refractivity contribution in [3.8, 4) is 0 Å². The summed E-state index contributed by atoms with van der Waals surface area (Å²) in [4.78, 5) is 13.1. The zero-order chi connectivity index (χ0) is 21.5. The maximum Gasteiger partial charge on any atom is 0.281 e. The van der Waals surface area contributed by atoms with Crippen LogP contribution in [-0.2, 0) is 4.79 Å². The average Bonchev–Trinajstić information content (AvgIpc) is 3.43. The summed E-state index contributed by atoms with van der Waals surface area (Å²) in [7, 11) is 0. The maximum atomic E-state index is 13.1. The Kier molecular flexibility index (Phi) is 5.82. The number of rotatable bonds is 4. The molecule has 2 aromatic rings. The SMILES string of the molecule is O=C(NN1CC2C=CCC2C1)C1=NN(c2ccc(Cl)cc2Cl)C(c2ccc(Br)cc2)C1. The molecule has 0 radical (unpaired) electrons. The number of carbonyl (C=O) groups is 1. The smallest absolute Gasteiger partial charge is 0.281 e. The quantitative estimate of drug-likeness (QED) is 0.534. The largest absolute Gasteiger partial charge is 0.284 e. The van der Waals surface area contributed by atoms with Crippen LogP contribution in [0.5, 0.6) is 0 Å². The van der Waals surface area contributed by atoms with Gasteiger partial charge in [-0.1, -0.05) is 63.4 Å². The normalized spacial score (nSPS) is 25.1. The van der Waals surface area contributed by atoms with Gasteiger partial charge in [-0.3, -0.25) is 15.2 Å². The van der Waals surface area contributed by atoms with Crippen molar-refractivity contribution in [2.24, 2.45) is 16.9 Å². The second kappa shape index (κ2) is 8.58. The summed E-state index contributed by atoms with van der Waals surface area (Å²) in [6.07, 6.45) is 6.09. The van der Waals surface area contributed by atoms with Gasteiger partial charge >= 0.3 is 0 Å². The fourth-order valence-corrected chi connectivity index (χ4v) is 5.33. The molecule has 2 aromatic carbocycles. The van der Waals surface area contributed by atoms with Gasteiger partial charge in [-0.25, -0.2) is 5.01 Å². The molecule has 1 saturated heterocycles. The Balaban J connectivity index is 1.40. The summed E-state index contributed by atoms with van der Waals surface area (Å²) in [5, 5.41) is 9.62. The molecular weight excluding hydrogens is 499 g/mol. The molecule has 3 unspecified atom stereocenters. The molecule has 2 aliphatic heterocycles. The van der Waals surface area contributed by atoms with Crippen LogP contribution in [0.2, 0.25) is 10.0 Å². The van der Waals surface area contributed by atoms with Crippen LogP contribution >= 0.6 is 39.1 Å². The first-order valence-electron chi connectivity index (χ1n) is 10.3. The Morgan fingerprint density at radius 2 is 1.94 bits per heavy atom. The number of nitrogens with zero attached hydrogens (tertiary/aromatic N) is 3. The number of fused-ring (bicyclic) bond motifs is 1. The maximum absolute atomic E-state index is 13.1. The summed E-state index contributed by atoms with van der Waals surface area (Å²) in [6.45, 7) is 1.72. The second-order valence-corrected chi connectivity index (χ2v) is 9.95. The lowest BCUT2D eigenvalue weighted by Gasteiger charge is -2.25. The molecule has 3 aliphatic rings. The Labute approximate surface area is 199 Å². The standard InChI is InChI=1S/C23H21BrCl2N4O/c24-17-6-4-14(5-7-17)22-11-20(27-30(22)21-9-8-18(25)10-19(21)26)23(31)28-29-12-15-2-1-3-16(15)13-29/h1-2,4-10,15-16,22H,3,11-13H2,(H,28,31). The molecular formula is C23H21BrCl2N4O. The third-order valence-electron chi connectivity index (χ3n) is 6.16. The number of amides is 1. The number of benzene rings is 2. The zero-order valence-electron chi connectivity index (χ0n) is 16.6. The number of hydrazone groups is 1. The van der Waals surface area contributed by atoms with Crippen molar-refractivity contribution in [2.45, 2.75) is 18.9 Å². The molecule has 1 aliphatic carbocycles. The van der Waals surface area contributed by atoms with Crippen LogP contribution in [0, 0.1) is 11.8 Å². The second-order valence-electron chi connectivity index (χ2n) is 8.19. The predicted molar refractivity (Wildman–Crippen MR) is 128 cm³/mol. The van der Waals surface area contributed by atoms with Gasteiger partial charge in [-0.15, -0.1) is 0 Å². The number of nitrogens with one attached hydrogen (secondary N) is 1. The Bertz CT molecular complexity index is 1070. The molecule has 160 valence electrons. The summed E-state index contributed by atoms with van der Waals surface area (Å²) in [6, 6.07) is 13.2. The van der Waals surface area contributed by atoms with E-state index in [1.54, 1.807) is 12.1 Å². The van der Waals surface area contributed by atoms with Crippen molar-refractivity contribution in [2.75, 3.05) is 18.1 Å². The summed E-state index contributed by atoms with van der Waals surface area (Å²) in [5.41, 5.74) is 5.34. The fourth-order valence-electron chi connectivity index (χ4n) is 4.57. The molecule has 0 saturated carbocycles. The molecule has 1 N–H and O–H groups in total. The lowest BCUT2D eigenvalue weighted by Crippen LogP contribution is -2.44. The highest BCUT2D eigenvalue weighted by Crippen LogP contribution is 2.40. The Morgan fingerprint density at radius 3 is 2.68 bits per heavy atom. The van der Waals surface area contributed by atoms with Crippen LogP contribution in [0.3, 0.4) is 0 Å². The van der Waals surface area contributed by atoms with E-state index in [-0.39, 0.29) is 11.9 Å². The van der Waals surface area contributed by atoms with Gasteiger partial charge in [0.25, 0.3) is 5.91 Å². The van der Waals surface area contributed by atoms with Gasteiger partial charge in [-0.05, 0) is 54.2 Å². The van der Waals surface area contributed by atoms with E-state index in [1.807, 2.05) is 40.3 Å². The van der Waals surface area contributed by atoms with Crippen molar-refractivity contribution in [1.29, 1.82) is 0 Å². The lowest BCUT2D eigenvalue weighted by molar-refractivity contribution is -0.119. The van der Waals surface area contributed by atoms with Crippen LogP contribution in [-0.4, -0.2) is 29.7 Å². The van der Waals surface area contributed by atoms with E-state index in [2.05, 4.69) is 33.5 Å². The van der Waals surface area contributed by atoms with Crippen LogP contribution in [0.15, 0.2) is 64.2 Å². The van der Waals surface area contributed by atoms with E-state index in [0.717, 1.165) is 35.2 Å². The molecule has 0 spiro atoms. The van der Waals surface area contributed by atoms with E-state index in [4.69, 9.17) is 28.3 Å². The summed E-state index contributed by atoms with van der Waals surface area (Å²) < 4.78 is 0.998. The van der Waals surface area contributed by atoms with Gasteiger partial charge in [0, 0.05) is 29.0 Å². The topological polar surface area (TPSA) is 47.9 Å². The first-order valence-corrected chi connectivity index (χ1v) is 11.8. The number of hydrogen-bond acceptors (Lipinski definition) is 4. The van der Waals surface area contributed by atoms with Crippen molar-refractivity contribution in [3.63, 3.8) is 0 Å². The van der Waals surface area contributed by atoms with E-state index >= 15 is 0 Å². The molecule has 5 nitrogen and oxygen atoms in total. The van der Waals surface area contributed by atoms with E-state index < -0.39 is 0 Å². The number of halogens is 3. The highest BCUT2D eigenvalue weighted by atomic mass is 79.9. The van der Waals surface area contributed by atoms with Gasteiger partial charge in [0.2, 0.25) is 0 Å². The molecule has 8 heteroatoms. The van der Waals surface area contributed by atoms with Crippen molar-refractivity contribution >= 4 is 56.4 Å². The minimum atomic E-state index is -0.154. The third-order valence-corrected chi connectivity index (χ3v) is 7.22. The first kappa shape index (κ1) is 21.0. The summed E-state index contributed by atoms with van der Waals surface area (Å²) in [5.74, 6) is 0.982. The van der Waals surface area contributed by atoms with Gasteiger partial charge in [0.1, 0.15) is 5.71 Å². The van der Waals surface area contributed by atoms with Crippen LogP contribution < -0.4 is 10.4 Å². The highest BCUT2D eigenvalue weighted by molar-refractivity contribution is 9.10. The molecule has 1 fully saturated rings. The monoisotopic (exact) mass is 518 g/mol. The van der Waals surface area contributed by atoms with Gasteiger partial charge in [0.05, 0.1) is 16.8 Å². The van der Waals surface area contributed by atoms with E-state index in [9.17, 15) is 4.79 Å². The van der Waals surface area contributed by atoms with Crippen LogP contribution in [0.1, 0.15) is 24.4 Å². The third kappa shape index (κ3) is 4.27. The van der Waals surface area contributed by atoms with Crippen molar-refractivity contribution in [1.82, 2.24) is 10.4 Å². The number of hydrogen-bond donors (Lipinski definition) is 1. The van der Waals surface area contributed by atoms with Crippen LogP contribution in [0.4, 0.5) is 5.69 Å². The molecule has 0 bridgehead atoms. The zero-order valence-corrected chi connectivity index (χ0v) is 19.7. The minimum absolute atomic E-state index is 0.131. The molecule has 3 atom stereocenters. The Morgan fingerprint density at radius 1 is 1.13 bits per heavy atom. The highest BCUT2D eigenvalue weighted by Gasteiger charge is 2.37. The number of carbonyl (C=O) groups excluding carboxylic acids is 1.